The summed E-state index contributed by atoms with van der Waals surface area (Å²) < 4.78 is 0. The van der Waals surface area contributed by atoms with Gasteiger partial charge in [0.1, 0.15) is 0 Å². The molecule has 1 N–H and O–H groups in total. The summed E-state index contributed by atoms with van der Waals surface area (Å²) in [7, 11) is 0. The topological polar surface area (TPSA) is 12.0 Å². The zero-order valence-corrected chi connectivity index (χ0v) is 13.9. The number of thioether (sulfide) groups is 1. The van der Waals surface area contributed by atoms with Crippen LogP contribution in [0.15, 0.2) is 0 Å². The Hall–Kier alpha value is 0.310. The quantitative estimate of drug-likeness (QED) is 0.719. The lowest BCUT2D eigenvalue weighted by Gasteiger charge is -2.39. The highest BCUT2D eigenvalue weighted by atomic mass is 32.2. The van der Waals surface area contributed by atoms with Crippen LogP contribution in [0.4, 0.5) is 0 Å². The van der Waals surface area contributed by atoms with Crippen molar-refractivity contribution < 1.29 is 0 Å². The Labute approximate surface area is 119 Å². The van der Waals surface area contributed by atoms with Crippen molar-refractivity contribution in [2.45, 2.75) is 83.3 Å². The van der Waals surface area contributed by atoms with E-state index in [9.17, 15) is 0 Å². The summed E-state index contributed by atoms with van der Waals surface area (Å²) in [5.41, 5.74) is 0. The van der Waals surface area contributed by atoms with E-state index in [1.165, 1.54) is 38.6 Å². The first-order valence-electron chi connectivity index (χ1n) is 7.97. The number of rotatable bonds is 7. The smallest absolute Gasteiger partial charge is 0.0206 e. The molecule has 0 aromatic carbocycles. The van der Waals surface area contributed by atoms with Crippen LogP contribution in [0.3, 0.4) is 0 Å². The van der Waals surface area contributed by atoms with Gasteiger partial charge in [-0.15, -0.1) is 0 Å². The van der Waals surface area contributed by atoms with E-state index in [1.54, 1.807) is 0 Å². The highest BCUT2D eigenvalue weighted by molar-refractivity contribution is 8.00. The fourth-order valence-corrected chi connectivity index (χ4v) is 4.44. The summed E-state index contributed by atoms with van der Waals surface area (Å²) in [5.74, 6) is 1.81. The van der Waals surface area contributed by atoms with E-state index in [-0.39, 0.29) is 0 Å². The zero-order valence-electron chi connectivity index (χ0n) is 13.0. The molecule has 4 atom stereocenters. The lowest BCUT2D eigenvalue weighted by Crippen LogP contribution is -2.44. The summed E-state index contributed by atoms with van der Waals surface area (Å²) in [6.45, 7) is 13.0. The molecule has 1 nitrogen and oxygen atoms in total. The third-order valence-electron chi connectivity index (χ3n) is 4.41. The minimum Gasteiger partial charge on any atom is -0.313 e. The van der Waals surface area contributed by atoms with Gasteiger partial charge in [0.2, 0.25) is 0 Å². The first-order chi connectivity index (χ1) is 8.58. The Kier molecular flexibility index (Phi) is 7.70. The highest BCUT2D eigenvalue weighted by Crippen LogP contribution is 2.38. The third kappa shape index (κ3) is 5.13. The van der Waals surface area contributed by atoms with Crippen LogP contribution in [0.1, 0.15) is 66.7 Å². The molecular formula is C16H33NS. The average molecular weight is 272 g/mol. The molecule has 1 fully saturated rings. The zero-order chi connectivity index (χ0) is 13.5. The van der Waals surface area contributed by atoms with Crippen LogP contribution in [0.25, 0.3) is 0 Å². The largest absolute Gasteiger partial charge is 0.313 e. The molecule has 2 heteroatoms. The molecule has 1 rings (SSSR count). The molecule has 0 amide bonds. The van der Waals surface area contributed by atoms with Gasteiger partial charge in [0.05, 0.1) is 0 Å². The Bertz CT molecular complexity index is 217. The fourth-order valence-electron chi connectivity index (χ4n) is 2.87. The van der Waals surface area contributed by atoms with Gasteiger partial charge in [-0.3, -0.25) is 0 Å². The van der Waals surface area contributed by atoms with E-state index in [2.05, 4.69) is 51.7 Å². The molecule has 0 aliphatic heterocycles. The van der Waals surface area contributed by atoms with Crippen molar-refractivity contribution in [2.24, 2.45) is 11.8 Å². The minimum atomic E-state index is 0.763. The maximum absolute atomic E-state index is 3.79. The van der Waals surface area contributed by atoms with Gasteiger partial charge in [-0.25, -0.2) is 0 Å². The number of nitrogens with one attached hydrogen (secondary N) is 1. The molecule has 0 aromatic rings. The normalized spacial score (nSPS) is 30.7. The van der Waals surface area contributed by atoms with E-state index in [0.29, 0.717) is 0 Å². The van der Waals surface area contributed by atoms with Crippen molar-refractivity contribution in [3.63, 3.8) is 0 Å². The van der Waals surface area contributed by atoms with E-state index in [4.69, 9.17) is 0 Å². The van der Waals surface area contributed by atoms with Crippen molar-refractivity contribution in [1.82, 2.24) is 5.32 Å². The second-order valence-electron chi connectivity index (χ2n) is 6.27. The van der Waals surface area contributed by atoms with E-state index in [0.717, 1.165) is 28.4 Å². The highest BCUT2D eigenvalue weighted by Gasteiger charge is 2.32. The number of hydrogen-bond donors (Lipinski definition) is 1. The van der Waals surface area contributed by atoms with Crippen molar-refractivity contribution in [2.75, 3.05) is 6.54 Å². The van der Waals surface area contributed by atoms with E-state index >= 15 is 0 Å². The van der Waals surface area contributed by atoms with Gasteiger partial charge in [-0.2, -0.15) is 11.8 Å². The molecule has 0 aromatic heterocycles. The average Bonchev–Trinajstić information content (AvgIpc) is 2.36. The maximum atomic E-state index is 3.79. The van der Waals surface area contributed by atoms with Gasteiger partial charge in [-0.1, -0.05) is 34.6 Å². The van der Waals surface area contributed by atoms with Gasteiger partial charge < -0.3 is 5.32 Å². The molecule has 0 bridgehead atoms. The van der Waals surface area contributed by atoms with Crippen LogP contribution in [-0.2, 0) is 0 Å². The maximum Gasteiger partial charge on any atom is 0.0206 e. The lowest BCUT2D eigenvalue weighted by molar-refractivity contribution is 0.246. The predicted octanol–water partition coefficient (Wildman–Crippen LogP) is 4.71. The molecule has 0 radical (unpaired) electrons. The van der Waals surface area contributed by atoms with Crippen LogP contribution in [0, 0.1) is 11.8 Å². The van der Waals surface area contributed by atoms with Crippen LogP contribution in [-0.4, -0.2) is 23.1 Å². The van der Waals surface area contributed by atoms with Gasteiger partial charge in [-0.05, 0) is 50.5 Å². The monoisotopic (exact) mass is 271 g/mol. The summed E-state index contributed by atoms with van der Waals surface area (Å²) in [5, 5.41) is 5.44. The summed E-state index contributed by atoms with van der Waals surface area (Å²) in [6, 6.07) is 0.763. The van der Waals surface area contributed by atoms with Crippen molar-refractivity contribution >= 4 is 11.8 Å². The van der Waals surface area contributed by atoms with Crippen molar-refractivity contribution in [3.05, 3.63) is 0 Å². The van der Waals surface area contributed by atoms with E-state index in [1.807, 2.05) is 0 Å². The Morgan fingerprint density at radius 3 is 2.44 bits per heavy atom. The Balaban J connectivity index is 2.54. The standard InChI is InChI=1S/C16H33NS/c1-6-10-17-15-9-8-14(12(3)4)11-16(15)18-13(5)7-2/h12-17H,6-11H2,1-5H3. The first-order valence-corrected chi connectivity index (χ1v) is 8.91. The van der Waals surface area contributed by atoms with Gasteiger partial charge >= 0.3 is 0 Å². The van der Waals surface area contributed by atoms with Crippen LogP contribution >= 0.6 is 11.8 Å². The molecule has 1 aliphatic carbocycles. The van der Waals surface area contributed by atoms with Crippen molar-refractivity contribution in [1.29, 1.82) is 0 Å². The van der Waals surface area contributed by atoms with Crippen molar-refractivity contribution in [3.8, 4) is 0 Å². The summed E-state index contributed by atoms with van der Waals surface area (Å²) >= 11 is 2.24. The SMILES string of the molecule is CCCNC1CCC(C(C)C)CC1SC(C)CC. The number of hydrogen-bond acceptors (Lipinski definition) is 2. The van der Waals surface area contributed by atoms with E-state index < -0.39 is 0 Å². The molecule has 4 unspecified atom stereocenters. The predicted molar refractivity (Wildman–Crippen MR) is 85.4 cm³/mol. The van der Waals surface area contributed by atoms with Crippen LogP contribution in [0.2, 0.25) is 0 Å². The molecule has 108 valence electrons. The molecule has 18 heavy (non-hydrogen) atoms. The molecular weight excluding hydrogens is 238 g/mol. The molecule has 0 saturated heterocycles. The molecule has 0 heterocycles. The molecule has 0 spiro atoms. The summed E-state index contributed by atoms with van der Waals surface area (Å²) in [6.07, 6.45) is 6.79. The third-order valence-corrected chi connectivity index (χ3v) is 6.08. The first kappa shape index (κ1) is 16.4. The van der Waals surface area contributed by atoms with Gasteiger partial charge in [0, 0.05) is 16.5 Å². The van der Waals surface area contributed by atoms with Gasteiger partial charge in [0.25, 0.3) is 0 Å². The van der Waals surface area contributed by atoms with Gasteiger partial charge in [0.15, 0.2) is 0 Å². The molecule has 1 aliphatic rings. The lowest BCUT2D eigenvalue weighted by atomic mass is 9.79. The molecule has 1 saturated carbocycles. The Morgan fingerprint density at radius 1 is 1.17 bits per heavy atom. The van der Waals surface area contributed by atoms with Crippen LogP contribution < -0.4 is 5.32 Å². The second-order valence-corrected chi connectivity index (χ2v) is 7.95. The minimum absolute atomic E-state index is 0.763. The summed E-state index contributed by atoms with van der Waals surface area (Å²) in [4.78, 5) is 0. The fraction of sp³-hybridized carbons (Fsp3) is 1.00. The second kappa shape index (κ2) is 8.47. The Morgan fingerprint density at radius 2 is 1.89 bits per heavy atom. The van der Waals surface area contributed by atoms with Crippen LogP contribution in [0.5, 0.6) is 0 Å².